The second-order valence-corrected chi connectivity index (χ2v) is 5.39. The summed E-state index contributed by atoms with van der Waals surface area (Å²) in [6.07, 6.45) is 6.12. The lowest BCUT2D eigenvalue weighted by molar-refractivity contribution is 0.252. The zero-order chi connectivity index (χ0) is 13.0. The average molecular weight is 246 g/mol. The Morgan fingerprint density at radius 1 is 1.33 bits per heavy atom. The van der Waals surface area contributed by atoms with Crippen molar-refractivity contribution in [3.63, 3.8) is 0 Å². The van der Waals surface area contributed by atoms with Crippen molar-refractivity contribution in [2.75, 3.05) is 0 Å². The molecule has 1 N–H and O–H groups in total. The third-order valence-corrected chi connectivity index (χ3v) is 3.85. The monoisotopic (exact) mass is 246 g/mol. The lowest BCUT2D eigenvalue weighted by Crippen LogP contribution is -2.43. The predicted octanol–water partition coefficient (Wildman–Crippen LogP) is 3.51. The second-order valence-electron chi connectivity index (χ2n) is 5.39. The lowest BCUT2D eigenvalue weighted by atomic mass is 9.83. The van der Waals surface area contributed by atoms with E-state index in [4.69, 9.17) is 5.26 Å². The topological polar surface area (TPSA) is 35.8 Å². The number of nitrogens with one attached hydrogen (secondary N) is 1. The Kier molecular flexibility index (Phi) is 3.98. The van der Waals surface area contributed by atoms with Gasteiger partial charge in [0, 0.05) is 12.1 Å². The minimum Gasteiger partial charge on any atom is -0.307 e. The van der Waals surface area contributed by atoms with Gasteiger partial charge in [-0.25, -0.2) is 4.39 Å². The number of nitrogens with zero attached hydrogens (tertiary/aromatic N) is 1. The van der Waals surface area contributed by atoms with Crippen molar-refractivity contribution in [3.05, 3.63) is 35.1 Å². The molecule has 2 rings (SSSR count). The summed E-state index contributed by atoms with van der Waals surface area (Å²) >= 11 is 0. The molecule has 1 saturated carbocycles. The summed E-state index contributed by atoms with van der Waals surface area (Å²) in [4.78, 5) is 0. The third-order valence-electron chi connectivity index (χ3n) is 3.85. The van der Waals surface area contributed by atoms with Crippen molar-refractivity contribution >= 4 is 0 Å². The van der Waals surface area contributed by atoms with Gasteiger partial charge in [-0.1, -0.05) is 19.3 Å². The van der Waals surface area contributed by atoms with E-state index in [0.717, 1.165) is 18.4 Å². The summed E-state index contributed by atoms with van der Waals surface area (Å²) < 4.78 is 13.2. The first-order chi connectivity index (χ1) is 8.63. The summed E-state index contributed by atoms with van der Waals surface area (Å²) in [5.41, 5.74) is 1.45. The first-order valence-corrected chi connectivity index (χ1v) is 6.56. The van der Waals surface area contributed by atoms with Gasteiger partial charge < -0.3 is 5.32 Å². The molecular weight excluding hydrogens is 227 g/mol. The van der Waals surface area contributed by atoms with Crippen LogP contribution in [0.2, 0.25) is 0 Å². The van der Waals surface area contributed by atoms with E-state index >= 15 is 0 Å². The molecule has 1 aromatic rings. The molecule has 0 amide bonds. The molecule has 2 nitrogen and oxygen atoms in total. The van der Waals surface area contributed by atoms with Crippen LogP contribution in [0.15, 0.2) is 18.2 Å². The first-order valence-electron chi connectivity index (χ1n) is 6.56. The summed E-state index contributed by atoms with van der Waals surface area (Å²) in [6, 6.07) is 6.46. The summed E-state index contributed by atoms with van der Waals surface area (Å²) in [7, 11) is 0. The third kappa shape index (κ3) is 3.08. The zero-order valence-corrected chi connectivity index (χ0v) is 10.8. The normalized spacial score (nSPS) is 18.3. The molecular formula is C15H19FN2. The highest BCUT2D eigenvalue weighted by atomic mass is 19.1. The Hall–Kier alpha value is -1.40. The molecule has 0 bridgehead atoms. The van der Waals surface area contributed by atoms with Gasteiger partial charge in [-0.2, -0.15) is 5.26 Å². The number of rotatable bonds is 3. The van der Waals surface area contributed by atoms with E-state index in [2.05, 4.69) is 18.3 Å². The summed E-state index contributed by atoms with van der Waals surface area (Å²) in [5, 5.41) is 12.5. The van der Waals surface area contributed by atoms with Crippen LogP contribution in [-0.4, -0.2) is 5.54 Å². The molecule has 0 saturated heterocycles. The van der Waals surface area contributed by atoms with Crippen molar-refractivity contribution in [2.24, 2.45) is 0 Å². The van der Waals surface area contributed by atoms with E-state index in [0.29, 0.717) is 12.1 Å². The van der Waals surface area contributed by atoms with Gasteiger partial charge in [-0.05, 0) is 43.5 Å². The van der Waals surface area contributed by atoms with Gasteiger partial charge in [-0.3, -0.25) is 0 Å². The van der Waals surface area contributed by atoms with Gasteiger partial charge in [0.05, 0.1) is 11.6 Å². The maximum Gasteiger partial charge on any atom is 0.123 e. The quantitative estimate of drug-likeness (QED) is 0.886. The van der Waals surface area contributed by atoms with Gasteiger partial charge in [-0.15, -0.1) is 0 Å². The van der Waals surface area contributed by atoms with Crippen molar-refractivity contribution < 1.29 is 4.39 Å². The Bertz CT molecular complexity index is 456. The molecule has 1 aliphatic carbocycles. The van der Waals surface area contributed by atoms with Gasteiger partial charge in [0.15, 0.2) is 0 Å². The van der Waals surface area contributed by atoms with Crippen LogP contribution in [0.5, 0.6) is 0 Å². The van der Waals surface area contributed by atoms with E-state index in [1.165, 1.54) is 31.4 Å². The Labute approximate surface area is 108 Å². The minimum absolute atomic E-state index is 0.136. The van der Waals surface area contributed by atoms with Crippen LogP contribution in [0.4, 0.5) is 4.39 Å². The van der Waals surface area contributed by atoms with Crippen molar-refractivity contribution in [1.82, 2.24) is 5.32 Å². The standard InChI is InChI=1S/C15H19FN2/c1-15(7-3-2-4-8-15)18-11-13-9-14(16)6-5-12(13)10-17/h5-6,9,18H,2-4,7-8,11H2,1H3. The fourth-order valence-electron chi connectivity index (χ4n) is 2.64. The summed E-state index contributed by atoms with van der Waals surface area (Å²) in [6.45, 7) is 2.79. The van der Waals surface area contributed by atoms with Crippen LogP contribution in [0.1, 0.15) is 50.2 Å². The molecule has 0 atom stereocenters. The number of hydrogen-bond acceptors (Lipinski definition) is 2. The van der Waals surface area contributed by atoms with E-state index < -0.39 is 0 Å². The number of benzene rings is 1. The van der Waals surface area contributed by atoms with Crippen LogP contribution < -0.4 is 5.32 Å². The Morgan fingerprint density at radius 3 is 2.72 bits per heavy atom. The highest BCUT2D eigenvalue weighted by Gasteiger charge is 2.25. The van der Waals surface area contributed by atoms with Crippen LogP contribution in [0.3, 0.4) is 0 Å². The van der Waals surface area contributed by atoms with E-state index in [-0.39, 0.29) is 11.4 Å². The second kappa shape index (κ2) is 5.49. The van der Waals surface area contributed by atoms with Crippen molar-refractivity contribution in [2.45, 2.75) is 51.1 Å². The van der Waals surface area contributed by atoms with Crippen LogP contribution in [0, 0.1) is 17.1 Å². The van der Waals surface area contributed by atoms with Crippen LogP contribution in [0.25, 0.3) is 0 Å². The molecule has 18 heavy (non-hydrogen) atoms. The number of nitriles is 1. The highest BCUT2D eigenvalue weighted by Crippen LogP contribution is 2.28. The first kappa shape index (κ1) is 13.0. The molecule has 0 aromatic heterocycles. The SMILES string of the molecule is CC1(NCc2cc(F)ccc2C#N)CCCCC1. The molecule has 1 aliphatic rings. The van der Waals surface area contributed by atoms with Gasteiger partial charge in [0.2, 0.25) is 0 Å². The molecule has 3 heteroatoms. The average Bonchev–Trinajstić information content (AvgIpc) is 2.38. The molecule has 0 radical (unpaired) electrons. The highest BCUT2D eigenvalue weighted by molar-refractivity contribution is 5.37. The van der Waals surface area contributed by atoms with E-state index in [1.54, 1.807) is 6.07 Å². The zero-order valence-electron chi connectivity index (χ0n) is 10.8. The maximum absolute atomic E-state index is 13.2. The molecule has 1 aromatic carbocycles. The summed E-state index contributed by atoms with van der Waals surface area (Å²) in [5.74, 6) is -0.278. The smallest absolute Gasteiger partial charge is 0.123 e. The molecule has 0 aliphatic heterocycles. The molecule has 1 fully saturated rings. The fourth-order valence-corrected chi connectivity index (χ4v) is 2.64. The maximum atomic E-state index is 13.2. The van der Waals surface area contributed by atoms with E-state index in [9.17, 15) is 4.39 Å². The Balaban J connectivity index is 2.05. The van der Waals surface area contributed by atoms with E-state index in [1.807, 2.05) is 0 Å². The molecule has 0 unspecified atom stereocenters. The van der Waals surface area contributed by atoms with Crippen molar-refractivity contribution in [3.8, 4) is 6.07 Å². The molecule has 0 spiro atoms. The minimum atomic E-state index is -0.278. The van der Waals surface area contributed by atoms with Crippen LogP contribution in [-0.2, 0) is 6.54 Å². The Morgan fingerprint density at radius 2 is 2.06 bits per heavy atom. The largest absolute Gasteiger partial charge is 0.307 e. The van der Waals surface area contributed by atoms with Crippen LogP contribution >= 0.6 is 0 Å². The van der Waals surface area contributed by atoms with Gasteiger partial charge >= 0.3 is 0 Å². The fraction of sp³-hybridized carbons (Fsp3) is 0.533. The number of halogens is 1. The van der Waals surface area contributed by atoms with Gasteiger partial charge in [0.25, 0.3) is 0 Å². The molecule has 96 valence electrons. The number of hydrogen-bond donors (Lipinski definition) is 1. The lowest BCUT2D eigenvalue weighted by Gasteiger charge is -2.35. The predicted molar refractivity (Wildman–Crippen MR) is 69.4 cm³/mol. The molecule has 0 heterocycles. The van der Waals surface area contributed by atoms with Gasteiger partial charge in [0.1, 0.15) is 5.82 Å². The van der Waals surface area contributed by atoms with Crippen molar-refractivity contribution in [1.29, 1.82) is 5.26 Å².